The second-order valence-electron chi connectivity index (χ2n) is 4.96. The third-order valence-electron chi connectivity index (χ3n) is 3.28. The van der Waals surface area contributed by atoms with Crippen LogP contribution in [-0.4, -0.2) is 28.1 Å². The number of aryl methyl sites for hydroxylation is 1. The third-order valence-corrected chi connectivity index (χ3v) is 3.28. The van der Waals surface area contributed by atoms with Crippen LogP contribution in [0.3, 0.4) is 0 Å². The van der Waals surface area contributed by atoms with Crippen LogP contribution in [0.5, 0.6) is 5.75 Å². The van der Waals surface area contributed by atoms with Crippen LogP contribution in [0, 0.1) is 6.92 Å². The molecule has 0 amide bonds. The molecule has 112 valence electrons. The van der Waals surface area contributed by atoms with Crippen molar-refractivity contribution in [3.8, 4) is 5.75 Å². The molecule has 3 aromatic rings. The highest BCUT2D eigenvalue weighted by Crippen LogP contribution is 2.15. The van der Waals surface area contributed by atoms with Crippen LogP contribution < -0.4 is 10.1 Å². The molecule has 3 rings (SSSR count). The lowest BCUT2D eigenvalue weighted by molar-refractivity contribution is 0.314. The van der Waals surface area contributed by atoms with Crippen LogP contribution in [0.1, 0.15) is 12.1 Å². The van der Waals surface area contributed by atoms with E-state index in [2.05, 4.69) is 20.3 Å². The maximum absolute atomic E-state index is 5.63. The maximum Gasteiger partial charge on any atom is 0.148 e. The van der Waals surface area contributed by atoms with Gasteiger partial charge in [0.15, 0.2) is 0 Å². The number of benzene rings is 1. The van der Waals surface area contributed by atoms with Crippen LogP contribution >= 0.6 is 0 Å². The summed E-state index contributed by atoms with van der Waals surface area (Å²) in [4.78, 5) is 13.1. The van der Waals surface area contributed by atoms with Crippen molar-refractivity contribution in [1.29, 1.82) is 0 Å². The topological polar surface area (TPSA) is 59.9 Å². The van der Waals surface area contributed by atoms with Gasteiger partial charge in [-0.1, -0.05) is 12.1 Å². The number of anilines is 1. The van der Waals surface area contributed by atoms with Gasteiger partial charge in [0.05, 0.1) is 23.3 Å². The normalized spacial score (nSPS) is 10.6. The zero-order valence-corrected chi connectivity index (χ0v) is 12.5. The molecule has 2 aromatic heterocycles. The molecule has 1 N–H and O–H groups in total. The van der Waals surface area contributed by atoms with Crippen LogP contribution in [-0.2, 0) is 0 Å². The van der Waals surface area contributed by atoms with Crippen molar-refractivity contribution in [2.45, 2.75) is 13.3 Å². The molecule has 2 heterocycles. The predicted molar refractivity (Wildman–Crippen MR) is 87.1 cm³/mol. The van der Waals surface area contributed by atoms with E-state index in [9.17, 15) is 0 Å². The molecule has 0 atom stereocenters. The molecule has 0 aliphatic carbocycles. The average molecular weight is 294 g/mol. The molecule has 0 bridgehead atoms. The van der Waals surface area contributed by atoms with Crippen LogP contribution in [0.2, 0.25) is 0 Å². The second kappa shape index (κ2) is 6.85. The van der Waals surface area contributed by atoms with Gasteiger partial charge in [0.2, 0.25) is 0 Å². The Hall–Kier alpha value is -2.69. The summed E-state index contributed by atoms with van der Waals surface area (Å²) in [5.74, 6) is 1.68. The van der Waals surface area contributed by atoms with E-state index in [0.717, 1.165) is 41.3 Å². The SMILES string of the molecule is Cc1nc2ccccc2nc1NCCCOc1ccncc1. The van der Waals surface area contributed by atoms with E-state index in [4.69, 9.17) is 4.74 Å². The van der Waals surface area contributed by atoms with Crippen molar-refractivity contribution in [3.05, 3.63) is 54.5 Å². The molecule has 0 saturated carbocycles. The lowest BCUT2D eigenvalue weighted by atomic mass is 10.3. The van der Waals surface area contributed by atoms with Crippen molar-refractivity contribution in [2.75, 3.05) is 18.5 Å². The molecule has 0 fully saturated rings. The van der Waals surface area contributed by atoms with Crippen LogP contribution in [0.4, 0.5) is 5.82 Å². The highest BCUT2D eigenvalue weighted by atomic mass is 16.5. The van der Waals surface area contributed by atoms with E-state index in [-0.39, 0.29) is 0 Å². The molecule has 22 heavy (non-hydrogen) atoms. The summed E-state index contributed by atoms with van der Waals surface area (Å²) < 4.78 is 5.63. The number of pyridine rings is 1. The number of aromatic nitrogens is 3. The van der Waals surface area contributed by atoms with Crippen molar-refractivity contribution >= 4 is 16.9 Å². The number of rotatable bonds is 6. The van der Waals surface area contributed by atoms with Crippen molar-refractivity contribution in [2.24, 2.45) is 0 Å². The minimum atomic E-state index is 0.650. The Morgan fingerprint density at radius 1 is 1.00 bits per heavy atom. The van der Waals surface area contributed by atoms with E-state index in [1.54, 1.807) is 12.4 Å². The third kappa shape index (κ3) is 3.49. The van der Waals surface area contributed by atoms with Gasteiger partial charge in [0.25, 0.3) is 0 Å². The standard InChI is InChI=1S/C17H18N4O/c1-13-17(21-16-6-3-2-5-15(16)20-13)19-9-4-12-22-14-7-10-18-11-8-14/h2-3,5-8,10-11H,4,9,12H2,1H3,(H,19,21). The first-order chi connectivity index (χ1) is 10.8. The molecule has 0 aliphatic heterocycles. The fourth-order valence-corrected chi connectivity index (χ4v) is 2.16. The fourth-order valence-electron chi connectivity index (χ4n) is 2.16. The molecule has 5 nitrogen and oxygen atoms in total. The average Bonchev–Trinajstić information content (AvgIpc) is 2.56. The maximum atomic E-state index is 5.63. The van der Waals surface area contributed by atoms with Gasteiger partial charge in [-0.05, 0) is 37.6 Å². The first kappa shape index (κ1) is 14.3. The molecule has 0 unspecified atom stereocenters. The van der Waals surface area contributed by atoms with E-state index in [1.807, 2.05) is 43.3 Å². The lowest BCUT2D eigenvalue weighted by Gasteiger charge is -2.10. The number of ether oxygens (including phenoxy) is 1. The molecule has 0 spiro atoms. The van der Waals surface area contributed by atoms with Crippen LogP contribution in [0.15, 0.2) is 48.8 Å². The number of para-hydroxylation sites is 2. The highest BCUT2D eigenvalue weighted by molar-refractivity contribution is 5.76. The Balaban J connectivity index is 1.52. The number of fused-ring (bicyclic) bond motifs is 1. The fraction of sp³-hybridized carbons (Fsp3) is 0.235. The molecule has 0 aliphatic rings. The quantitative estimate of drug-likeness (QED) is 0.707. The van der Waals surface area contributed by atoms with E-state index in [1.165, 1.54) is 0 Å². The van der Waals surface area contributed by atoms with Crippen molar-refractivity contribution in [3.63, 3.8) is 0 Å². The summed E-state index contributed by atoms with van der Waals surface area (Å²) in [6.07, 6.45) is 4.33. The molecule has 1 aromatic carbocycles. The predicted octanol–water partition coefficient (Wildman–Crippen LogP) is 3.21. The first-order valence-corrected chi connectivity index (χ1v) is 7.33. The van der Waals surface area contributed by atoms with Gasteiger partial charge in [-0.15, -0.1) is 0 Å². The number of hydrogen-bond acceptors (Lipinski definition) is 5. The summed E-state index contributed by atoms with van der Waals surface area (Å²) in [7, 11) is 0. The summed E-state index contributed by atoms with van der Waals surface area (Å²) >= 11 is 0. The first-order valence-electron chi connectivity index (χ1n) is 7.33. The number of hydrogen-bond donors (Lipinski definition) is 1. The van der Waals surface area contributed by atoms with Crippen molar-refractivity contribution < 1.29 is 4.74 Å². The minimum Gasteiger partial charge on any atom is -0.493 e. The smallest absolute Gasteiger partial charge is 0.148 e. The molecule has 0 saturated heterocycles. The Labute approximate surface area is 129 Å². The largest absolute Gasteiger partial charge is 0.493 e. The van der Waals surface area contributed by atoms with Gasteiger partial charge in [-0.25, -0.2) is 9.97 Å². The summed E-state index contributed by atoms with van der Waals surface area (Å²) in [5.41, 5.74) is 2.74. The monoisotopic (exact) mass is 294 g/mol. The second-order valence-corrected chi connectivity index (χ2v) is 4.96. The van der Waals surface area contributed by atoms with Gasteiger partial charge < -0.3 is 10.1 Å². The van der Waals surface area contributed by atoms with Crippen molar-refractivity contribution in [1.82, 2.24) is 15.0 Å². The molecular weight excluding hydrogens is 276 g/mol. The zero-order valence-electron chi connectivity index (χ0n) is 12.5. The summed E-state index contributed by atoms with van der Waals surface area (Å²) in [5, 5.41) is 3.33. The van der Waals surface area contributed by atoms with Gasteiger partial charge in [0.1, 0.15) is 11.6 Å². The Kier molecular flexibility index (Phi) is 4.44. The van der Waals surface area contributed by atoms with Gasteiger partial charge in [0, 0.05) is 18.9 Å². The minimum absolute atomic E-state index is 0.650. The number of nitrogens with one attached hydrogen (secondary N) is 1. The summed E-state index contributed by atoms with van der Waals surface area (Å²) in [6, 6.07) is 11.6. The molecule has 5 heteroatoms. The molecular formula is C17H18N4O. The highest BCUT2D eigenvalue weighted by Gasteiger charge is 2.04. The van der Waals surface area contributed by atoms with Crippen LogP contribution in [0.25, 0.3) is 11.0 Å². The number of nitrogens with zero attached hydrogens (tertiary/aromatic N) is 3. The van der Waals surface area contributed by atoms with E-state index >= 15 is 0 Å². The zero-order chi connectivity index (χ0) is 15.2. The van der Waals surface area contributed by atoms with E-state index in [0.29, 0.717) is 6.61 Å². The van der Waals surface area contributed by atoms with Gasteiger partial charge in [-0.2, -0.15) is 0 Å². The Morgan fingerprint density at radius 3 is 2.50 bits per heavy atom. The Morgan fingerprint density at radius 2 is 1.73 bits per heavy atom. The summed E-state index contributed by atoms with van der Waals surface area (Å²) in [6.45, 7) is 3.41. The molecule has 0 radical (unpaired) electrons. The Bertz CT molecular complexity index is 746. The van der Waals surface area contributed by atoms with Gasteiger partial charge in [-0.3, -0.25) is 4.98 Å². The van der Waals surface area contributed by atoms with E-state index < -0.39 is 0 Å². The lowest BCUT2D eigenvalue weighted by Crippen LogP contribution is -2.10. The van der Waals surface area contributed by atoms with Gasteiger partial charge >= 0.3 is 0 Å².